The zero-order valence-electron chi connectivity index (χ0n) is 34.1. The number of rotatable bonds is 15. The van der Waals surface area contributed by atoms with Crippen molar-refractivity contribution in [1.82, 2.24) is 0 Å². The van der Waals surface area contributed by atoms with Gasteiger partial charge in [-0.3, -0.25) is 0 Å². The summed E-state index contributed by atoms with van der Waals surface area (Å²) in [6.45, 7) is 0. The molecule has 0 saturated carbocycles. The van der Waals surface area contributed by atoms with Crippen molar-refractivity contribution >= 4 is 7.32 Å². The van der Waals surface area contributed by atoms with E-state index in [1.54, 1.807) is 0 Å². The van der Waals surface area contributed by atoms with E-state index in [1.807, 2.05) is 54.6 Å². The van der Waals surface area contributed by atoms with E-state index in [2.05, 4.69) is 218 Å². The normalized spacial score (nSPS) is 11.6. The maximum Gasteiger partial charge on any atom is 3.00 e. The molecule has 0 aliphatic heterocycles. The van der Waals surface area contributed by atoms with Crippen molar-refractivity contribution < 1.29 is 30.7 Å². The molecule has 0 saturated heterocycles. The Balaban J connectivity index is 0.00000529. The van der Waals surface area contributed by atoms with Gasteiger partial charge in [0, 0.05) is 0 Å². The minimum atomic E-state index is -1.39. The maximum absolute atomic E-state index is 7.99. The van der Waals surface area contributed by atoms with Gasteiger partial charge in [0.1, 0.15) is 16.8 Å². The molecule has 0 amide bonds. The Morgan fingerprint density at radius 2 is 0.306 bits per heavy atom. The summed E-state index contributed by atoms with van der Waals surface area (Å²) in [5.41, 5.74) is 4.53. The summed E-state index contributed by atoms with van der Waals surface area (Å²) in [7, 11) is -1.39. The van der Waals surface area contributed by atoms with E-state index in [0.29, 0.717) is 0 Å². The molecule has 0 aromatic heterocycles. The van der Waals surface area contributed by atoms with Crippen LogP contribution in [0, 0.1) is 0 Å². The number of hydrogen-bond acceptors (Lipinski definition) is 3. The van der Waals surface area contributed by atoms with Crippen LogP contribution in [-0.4, -0.2) is 7.32 Å². The van der Waals surface area contributed by atoms with Gasteiger partial charge < -0.3 is 14.0 Å². The Morgan fingerprint density at radius 3 is 0.419 bits per heavy atom. The van der Waals surface area contributed by atoms with Crippen LogP contribution in [0.3, 0.4) is 0 Å². The van der Waals surface area contributed by atoms with E-state index in [4.69, 9.17) is 14.0 Å². The first kappa shape index (κ1) is 42.1. The van der Waals surface area contributed by atoms with Crippen molar-refractivity contribution in [2.45, 2.75) is 16.8 Å². The average Bonchev–Trinajstić information content (AvgIpc) is 3.36. The van der Waals surface area contributed by atoms with Gasteiger partial charge in [-0.25, -0.2) is 0 Å². The molecule has 5 heteroatoms. The molecule has 62 heavy (non-hydrogen) atoms. The van der Waals surface area contributed by atoms with Crippen LogP contribution >= 0.6 is 0 Å². The van der Waals surface area contributed by atoms with E-state index in [0.717, 1.165) is 50.1 Å². The van der Waals surface area contributed by atoms with Crippen LogP contribution in [0.5, 0.6) is 0 Å². The fourth-order valence-corrected chi connectivity index (χ4v) is 8.67. The molecule has 0 unspecified atom stereocenters. The largest absolute Gasteiger partial charge is 3.00 e. The SMILES string of the molecule is [Co+3].c1ccc(C(OB(OC(c2ccccc2)(c2ccccc2)c2ccccc2)OC(c2ccccc2)(c2ccccc2)c2ccccc2)(c2ccccc2)c2ccccc2)cc1. The van der Waals surface area contributed by atoms with Crippen LogP contribution in [0.2, 0.25) is 0 Å². The molecular weight excluding hydrogens is 802 g/mol. The monoisotopic (exact) mass is 847 g/mol. The van der Waals surface area contributed by atoms with E-state index in [9.17, 15) is 0 Å². The molecule has 9 aromatic carbocycles. The van der Waals surface area contributed by atoms with Gasteiger partial charge in [0.05, 0.1) is 0 Å². The molecule has 0 heterocycles. The molecule has 9 aromatic rings. The standard InChI is InChI=1S/C57H45BO3.Co/c1-10-28-46(29-11-1)55(47-30-12-2-13-31-47,48-32-14-3-15-33-48)59-58(60-56(49-34-16-4-17-35-49,50-36-18-5-19-37-50)51-38-20-6-21-39-51)61-57(52-40-22-7-23-41-52,53-42-24-8-25-43-53)54-44-26-9-27-45-54;/h1-45H;/q;+3. The molecule has 0 spiro atoms. The van der Waals surface area contributed by atoms with Crippen LogP contribution in [0.1, 0.15) is 50.1 Å². The predicted octanol–water partition coefficient (Wildman–Crippen LogP) is 13.0. The van der Waals surface area contributed by atoms with Crippen molar-refractivity contribution in [1.29, 1.82) is 0 Å². The van der Waals surface area contributed by atoms with Gasteiger partial charge in [0.15, 0.2) is 0 Å². The molecule has 0 N–H and O–H groups in total. The fraction of sp³-hybridized carbons (Fsp3) is 0.0526. The van der Waals surface area contributed by atoms with Crippen molar-refractivity contribution in [2.75, 3.05) is 0 Å². The molecule has 0 fully saturated rings. The van der Waals surface area contributed by atoms with Crippen LogP contribution in [0.25, 0.3) is 0 Å². The molecule has 9 rings (SSSR count). The van der Waals surface area contributed by atoms with Gasteiger partial charge in [-0.15, -0.1) is 0 Å². The predicted molar refractivity (Wildman–Crippen MR) is 247 cm³/mol. The van der Waals surface area contributed by atoms with Crippen LogP contribution in [0.15, 0.2) is 273 Å². The van der Waals surface area contributed by atoms with Gasteiger partial charge in [-0.1, -0.05) is 273 Å². The van der Waals surface area contributed by atoms with E-state index in [-0.39, 0.29) is 16.8 Å². The third kappa shape index (κ3) is 8.13. The second-order valence-electron chi connectivity index (χ2n) is 15.0. The van der Waals surface area contributed by atoms with Crippen molar-refractivity contribution in [3.63, 3.8) is 0 Å². The first-order chi connectivity index (χ1) is 30.2. The smallest absolute Gasteiger partial charge is 0.368 e. The summed E-state index contributed by atoms with van der Waals surface area (Å²) in [6, 6.07) is 93.5. The summed E-state index contributed by atoms with van der Waals surface area (Å²) >= 11 is 0. The summed E-state index contributed by atoms with van der Waals surface area (Å²) in [5, 5.41) is 0. The van der Waals surface area contributed by atoms with Gasteiger partial charge in [-0.05, 0) is 50.1 Å². The Bertz CT molecular complexity index is 2100. The summed E-state index contributed by atoms with van der Waals surface area (Å²) in [5.74, 6) is 0. The topological polar surface area (TPSA) is 27.7 Å². The Hall–Kier alpha value is -6.57. The van der Waals surface area contributed by atoms with E-state index < -0.39 is 24.1 Å². The summed E-state index contributed by atoms with van der Waals surface area (Å²) in [6.07, 6.45) is 0. The Kier molecular flexibility index (Phi) is 13.2. The quantitative estimate of drug-likeness (QED) is 0.0760. The summed E-state index contributed by atoms with van der Waals surface area (Å²) < 4.78 is 24.0. The molecule has 0 atom stereocenters. The Labute approximate surface area is 376 Å². The zero-order chi connectivity index (χ0) is 41.2. The number of benzene rings is 9. The second kappa shape index (κ2) is 19.4. The van der Waals surface area contributed by atoms with E-state index in [1.165, 1.54) is 0 Å². The summed E-state index contributed by atoms with van der Waals surface area (Å²) in [4.78, 5) is 0. The maximum atomic E-state index is 7.99. The van der Waals surface area contributed by atoms with Gasteiger partial charge in [0.2, 0.25) is 0 Å². The van der Waals surface area contributed by atoms with Crippen molar-refractivity contribution in [3.8, 4) is 0 Å². The minimum absolute atomic E-state index is 0. The third-order valence-corrected chi connectivity index (χ3v) is 11.4. The molecule has 0 aliphatic rings. The van der Waals surface area contributed by atoms with E-state index >= 15 is 0 Å². The van der Waals surface area contributed by atoms with Crippen molar-refractivity contribution in [3.05, 3.63) is 323 Å². The van der Waals surface area contributed by atoms with Gasteiger partial charge >= 0.3 is 24.1 Å². The molecule has 0 aliphatic carbocycles. The number of hydrogen-bond donors (Lipinski definition) is 0. The third-order valence-electron chi connectivity index (χ3n) is 11.4. The van der Waals surface area contributed by atoms with Crippen molar-refractivity contribution in [2.24, 2.45) is 0 Å². The molecular formula is C57H45BCoO3+3. The minimum Gasteiger partial charge on any atom is -0.368 e. The van der Waals surface area contributed by atoms with Gasteiger partial charge in [-0.2, -0.15) is 0 Å². The molecule has 0 bridgehead atoms. The molecule has 3 nitrogen and oxygen atoms in total. The van der Waals surface area contributed by atoms with Crippen LogP contribution in [-0.2, 0) is 47.5 Å². The van der Waals surface area contributed by atoms with Crippen LogP contribution in [0.4, 0.5) is 0 Å². The zero-order valence-corrected chi connectivity index (χ0v) is 35.2. The first-order valence-corrected chi connectivity index (χ1v) is 20.8. The average molecular weight is 848 g/mol. The first-order valence-electron chi connectivity index (χ1n) is 20.8. The van der Waals surface area contributed by atoms with Gasteiger partial charge in [0.25, 0.3) is 0 Å². The fourth-order valence-electron chi connectivity index (χ4n) is 8.67. The van der Waals surface area contributed by atoms with Crippen LogP contribution < -0.4 is 0 Å². The molecule has 0 radical (unpaired) electrons. The molecule has 300 valence electrons. The second-order valence-corrected chi connectivity index (χ2v) is 15.0. The Morgan fingerprint density at radius 1 is 0.194 bits per heavy atom.